The third-order valence-electron chi connectivity index (χ3n) is 2.72. The van der Waals surface area contributed by atoms with Crippen LogP contribution >= 0.6 is 0 Å². The van der Waals surface area contributed by atoms with E-state index in [1.807, 2.05) is 6.07 Å². The van der Waals surface area contributed by atoms with Gasteiger partial charge in [0.25, 0.3) is 0 Å². The average Bonchev–Trinajstić information content (AvgIpc) is 2.37. The Morgan fingerprint density at radius 3 is 2.71 bits per heavy atom. The van der Waals surface area contributed by atoms with Crippen molar-refractivity contribution in [2.24, 2.45) is 0 Å². The minimum Gasteiger partial charge on any atom is -0.465 e. The highest BCUT2D eigenvalue weighted by atomic mass is 16.5. The van der Waals surface area contributed by atoms with Crippen LogP contribution < -0.4 is 10.2 Å². The Labute approximate surface area is 124 Å². The van der Waals surface area contributed by atoms with E-state index in [9.17, 15) is 9.90 Å². The summed E-state index contributed by atoms with van der Waals surface area (Å²) < 4.78 is 4.94. The molecule has 1 rings (SSSR count). The van der Waals surface area contributed by atoms with Crippen LogP contribution in [0.1, 0.15) is 26.3 Å². The molecule has 21 heavy (non-hydrogen) atoms. The second-order valence-electron chi connectivity index (χ2n) is 5.41. The maximum Gasteiger partial charge on any atom is 0.413 e. The summed E-state index contributed by atoms with van der Waals surface area (Å²) in [6.45, 7) is 6.32. The van der Waals surface area contributed by atoms with Crippen molar-refractivity contribution < 1.29 is 14.6 Å². The number of anilines is 2. The zero-order valence-electron chi connectivity index (χ0n) is 12.7. The average molecular weight is 292 g/mol. The van der Waals surface area contributed by atoms with Gasteiger partial charge in [-0.05, 0) is 20.8 Å². The molecule has 2 N–H and O–H groups in total. The molecule has 0 atom stereocenters. The molecule has 114 valence electrons. The summed E-state index contributed by atoms with van der Waals surface area (Å²) in [7, 11) is 1.58. The van der Waals surface area contributed by atoms with Crippen LogP contribution in [0.3, 0.4) is 0 Å². The van der Waals surface area contributed by atoms with Gasteiger partial charge in [-0.2, -0.15) is 5.26 Å². The molecule has 0 aromatic carbocycles. The number of hydrogen-bond donors (Lipinski definition) is 2. The molecule has 0 aliphatic rings. The van der Waals surface area contributed by atoms with Gasteiger partial charge in [-0.15, -0.1) is 0 Å². The van der Waals surface area contributed by atoms with Gasteiger partial charge in [0.2, 0.25) is 0 Å². The zero-order chi connectivity index (χ0) is 16.0. The predicted molar refractivity (Wildman–Crippen MR) is 79.6 cm³/mol. The van der Waals surface area contributed by atoms with E-state index in [4.69, 9.17) is 10.00 Å². The van der Waals surface area contributed by atoms with E-state index in [0.717, 1.165) is 4.90 Å². The molecule has 7 heteroatoms. The number of nitriles is 1. The van der Waals surface area contributed by atoms with Gasteiger partial charge in [-0.25, -0.2) is 9.78 Å². The van der Waals surface area contributed by atoms with Crippen molar-refractivity contribution in [2.75, 3.05) is 30.5 Å². The van der Waals surface area contributed by atoms with Gasteiger partial charge in [-0.3, -0.25) is 4.90 Å². The Morgan fingerprint density at radius 2 is 2.24 bits per heavy atom. The second-order valence-corrected chi connectivity index (χ2v) is 5.41. The van der Waals surface area contributed by atoms with Crippen LogP contribution in [-0.4, -0.2) is 42.0 Å². The summed E-state index contributed by atoms with van der Waals surface area (Å²) >= 11 is 0. The highest BCUT2D eigenvalue weighted by Gasteiger charge is 2.29. The van der Waals surface area contributed by atoms with Gasteiger partial charge in [-0.1, -0.05) is 0 Å². The fourth-order valence-electron chi connectivity index (χ4n) is 1.82. The molecule has 0 bridgehead atoms. The van der Waals surface area contributed by atoms with Gasteiger partial charge in [0, 0.05) is 31.5 Å². The normalized spacial score (nSPS) is 10.8. The van der Waals surface area contributed by atoms with Crippen LogP contribution in [0.25, 0.3) is 0 Å². The van der Waals surface area contributed by atoms with Crippen LogP contribution in [-0.2, 0) is 4.74 Å². The quantitative estimate of drug-likeness (QED) is 0.808. The van der Waals surface area contributed by atoms with E-state index in [1.54, 1.807) is 33.9 Å². The number of carbonyl (C=O) groups is 1. The smallest absolute Gasteiger partial charge is 0.413 e. The number of carboxylic acid groups (broad SMARTS) is 1. The molecule has 1 aromatic rings. The number of rotatable bonds is 5. The SMILES string of the molecule is COCCNc1cc(N(C(=O)O)C(C)(C)C)ncc1C#N. The number of aromatic nitrogens is 1. The van der Waals surface area contributed by atoms with E-state index in [-0.39, 0.29) is 5.82 Å². The van der Waals surface area contributed by atoms with Gasteiger partial charge in [0.1, 0.15) is 11.9 Å². The van der Waals surface area contributed by atoms with Crippen molar-refractivity contribution in [3.05, 3.63) is 17.8 Å². The van der Waals surface area contributed by atoms with Gasteiger partial charge in [0.15, 0.2) is 0 Å². The first-order valence-electron chi connectivity index (χ1n) is 6.47. The Hall–Kier alpha value is -2.33. The first-order chi connectivity index (χ1) is 9.81. The Kier molecular flexibility index (Phi) is 5.50. The van der Waals surface area contributed by atoms with Crippen molar-refractivity contribution in [2.45, 2.75) is 26.3 Å². The van der Waals surface area contributed by atoms with Gasteiger partial charge >= 0.3 is 6.09 Å². The Morgan fingerprint density at radius 1 is 1.57 bits per heavy atom. The molecule has 0 saturated carbocycles. The largest absolute Gasteiger partial charge is 0.465 e. The lowest BCUT2D eigenvalue weighted by Crippen LogP contribution is -2.45. The van der Waals surface area contributed by atoms with E-state index < -0.39 is 11.6 Å². The Balaban J connectivity index is 3.17. The maximum atomic E-state index is 11.5. The minimum absolute atomic E-state index is 0.272. The van der Waals surface area contributed by atoms with Gasteiger partial charge < -0.3 is 15.2 Å². The zero-order valence-corrected chi connectivity index (χ0v) is 12.7. The van der Waals surface area contributed by atoms with Crippen molar-refractivity contribution in [3.8, 4) is 6.07 Å². The lowest BCUT2D eigenvalue weighted by molar-refractivity contribution is 0.195. The summed E-state index contributed by atoms with van der Waals surface area (Å²) in [6.07, 6.45) is 0.272. The van der Waals surface area contributed by atoms with Crippen LogP contribution in [0.4, 0.5) is 16.3 Å². The number of nitrogens with zero attached hydrogens (tertiary/aromatic N) is 3. The maximum absolute atomic E-state index is 11.5. The van der Waals surface area contributed by atoms with Gasteiger partial charge in [0.05, 0.1) is 17.9 Å². The summed E-state index contributed by atoms with van der Waals surface area (Å²) in [6, 6.07) is 3.59. The third kappa shape index (κ3) is 4.33. The molecule has 0 spiro atoms. The van der Waals surface area contributed by atoms with Crippen molar-refractivity contribution in [3.63, 3.8) is 0 Å². The first-order valence-corrected chi connectivity index (χ1v) is 6.47. The van der Waals surface area contributed by atoms with Crippen molar-refractivity contribution in [1.29, 1.82) is 5.26 Å². The number of amides is 1. The summed E-state index contributed by atoms with van der Waals surface area (Å²) in [5.74, 6) is 0.272. The number of methoxy groups -OCH3 is 1. The summed E-state index contributed by atoms with van der Waals surface area (Å²) in [5, 5.41) is 21.5. The van der Waals surface area contributed by atoms with Crippen LogP contribution in [0, 0.1) is 11.3 Å². The minimum atomic E-state index is -1.09. The summed E-state index contributed by atoms with van der Waals surface area (Å²) in [5.41, 5.74) is 0.251. The molecule has 0 aliphatic carbocycles. The molecule has 0 saturated heterocycles. The first kappa shape index (κ1) is 16.7. The molecule has 1 heterocycles. The topological polar surface area (TPSA) is 98.5 Å². The highest BCUT2D eigenvalue weighted by Crippen LogP contribution is 2.26. The number of pyridine rings is 1. The van der Waals surface area contributed by atoms with E-state index in [0.29, 0.717) is 24.4 Å². The fraction of sp³-hybridized carbons (Fsp3) is 0.500. The fourth-order valence-corrected chi connectivity index (χ4v) is 1.82. The number of nitrogens with one attached hydrogen (secondary N) is 1. The number of hydrogen-bond acceptors (Lipinski definition) is 5. The highest BCUT2D eigenvalue weighted by molar-refractivity contribution is 5.87. The second kappa shape index (κ2) is 6.90. The van der Waals surface area contributed by atoms with E-state index in [1.165, 1.54) is 6.20 Å². The molecule has 1 amide bonds. The van der Waals surface area contributed by atoms with Crippen molar-refractivity contribution >= 4 is 17.6 Å². The van der Waals surface area contributed by atoms with Crippen LogP contribution in [0.5, 0.6) is 0 Å². The lowest BCUT2D eigenvalue weighted by Gasteiger charge is -2.32. The van der Waals surface area contributed by atoms with Crippen LogP contribution in [0.15, 0.2) is 12.3 Å². The van der Waals surface area contributed by atoms with E-state index in [2.05, 4.69) is 10.3 Å². The molecule has 1 aromatic heterocycles. The molecular formula is C14H20N4O3. The standard InChI is InChI=1S/C14H20N4O3/c1-14(2,3)18(13(19)20)12-7-11(16-5-6-21-4)10(8-15)9-17-12/h7,9H,5-6H2,1-4H3,(H,16,17)(H,19,20). The number of ether oxygens (including phenoxy) is 1. The van der Waals surface area contributed by atoms with E-state index >= 15 is 0 Å². The molecule has 7 nitrogen and oxygen atoms in total. The molecule has 0 aliphatic heterocycles. The molecule has 0 radical (unpaired) electrons. The van der Waals surface area contributed by atoms with Crippen molar-refractivity contribution in [1.82, 2.24) is 4.98 Å². The monoisotopic (exact) mass is 292 g/mol. The molecule has 0 unspecified atom stereocenters. The third-order valence-corrected chi connectivity index (χ3v) is 2.72. The predicted octanol–water partition coefficient (Wildman–Crippen LogP) is 2.29. The van der Waals surface area contributed by atoms with Crippen LogP contribution in [0.2, 0.25) is 0 Å². The Bertz CT molecular complexity index is 546. The molecule has 0 fully saturated rings. The lowest BCUT2D eigenvalue weighted by atomic mass is 10.1. The molecular weight excluding hydrogens is 272 g/mol. The summed E-state index contributed by atoms with van der Waals surface area (Å²) in [4.78, 5) is 16.7.